The molecular weight excluding hydrogens is 396 g/mol. The van der Waals surface area contributed by atoms with Crippen LogP contribution in [-0.2, 0) is 16.0 Å². The van der Waals surface area contributed by atoms with Gasteiger partial charge in [0.1, 0.15) is 24.2 Å². The molecule has 2 aromatic rings. The van der Waals surface area contributed by atoms with E-state index in [9.17, 15) is 9.90 Å². The van der Waals surface area contributed by atoms with Crippen molar-refractivity contribution in [2.45, 2.75) is 19.4 Å². The summed E-state index contributed by atoms with van der Waals surface area (Å²) in [4.78, 5) is 15.9. The Kier molecular flexibility index (Phi) is 8.55. The number of β-amino-alcohol motifs (C(OH)–C–C–N with tert-alkyl or cyclic N) is 1. The molecule has 0 amide bonds. The molecule has 0 aromatic heterocycles. The van der Waals surface area contributed by atoms with Crippen molar-refractivity contribution in [2.75, 3.05) is 57.9 Å². The monoisotopic (exact) mass is 428 g/mol. The molecule has 7 heteroatoms. The van der Waals surface area contributed by atoms with Gasteiger partial charge in [-0.05, 0) is 36.8 Å². The third-order valence-corrected chi connectivity index (χ3v) is 5.28. The summed E-state index contributed by atoms with van der Waals surface area (Å²) in [5.41, 5.74) is 2.04. The molecule has 1 fully saturated rings. The van der Waals surface area contributed by atoms with Gasteiger partial charge < -0.3 is 24.2 Å². The molecular formula is C24H32N2O5. The fraction of sp³-hybridized carbons (Fsp3) is 0.458. The van der Waals surface area contributed by atoms with Crippen LogP contribution in [0.2, 0.25) is 0 Å². The maximum absolute atomic E-state index is 11.3. The SMILES string of the molecule is CCOc1cccc(N2CCN(CC(O)COc3ccc(CC(=O)OC)cc3)CC2)c1. The number of piperazine rings is 1. The van der Waals surface area contributed by atoms with E-state index in [0.29, 0.717) is 18.9 Å². The number of anilines is 1. The van der Waals surface area contributed by atoms with Crippen molar-refractivity contribution in [3.05, 3.63) is 54.1 Å². The highest BCUT2D eigenvalue weighted by Gasteiger charge is 2.20. The summed E-state index contributed by atoms with van der Waals surface area (Å²) in [6.07, 6.45) is -0.330. The Bertz CT molecular complexity index is 819. The van der Waals surface area contributed by atoms with Gasteiger partial charge in [0, 0.05) is 44.5 Å². The van der Waals surface area contributed by atoms with Crippen LogP contribution in [0.3, 0.4) is 0 Å². The van der Waals surface area contributed by atoms with Crippen LogP contribution in [0.15, 0.2) is 48.5 Å². The molecule has 1 aliphatic rings. The highest BCUT2D eigenvalue weighted by molar-refractivity contribution is 5.72. The molecule has 3 rings (SSSR count). The quantitative estimate of drug-likeness (QED) is 0.583. The molecule has 0 bridgehead atoms. The predicted molar refractivity (Wildman–Crippen MR) is 120 cm³/mol. The summed E-state index contributed by atoms with van der Waals surface area (Å²) < 4.78 is 16.0. The molecule has 0 saturated carbocycles. The number of carbonyl (C=O) groups is 1. The van der Waals surface area contributed by atoms with Gasteiger partial charge in [0.2, 0.25) is 0 Å². The average Bonchev–Trinajstić information content (AvgIpc) is 2.79. The maximum Gasteiger partial charge on any atom is 0.309 e. The number of nitrogens with zero attached hydrogens (tertiary/aromatic N) is 2. The minimum absolute atomic E-state index is 0.229. The first-order valence-corrected chi connectivity index (χ1v) is 10.7. The Morgan fingerprint density at radius 2 is 1.77 bits per heavy atom. The van der Waals surface area contributed by atoms with Crippen LogP contribution in [0, 0.1) is 0 Å². The lowest BCUT2D eigenvalue weighted by Gasteiger charge is -2.37. The van der Waals surface area contributed by atoms with Gasteiger partial charge >= 0.3 is 5.97 Å². The van der Waals surface area contributed by atoms with Crippen molar-refractivity contribution >= 4 is 11.7 Å². The van der Waals surface area contributed by atoms with Gasteiger partial charge in [-0.15, -0.1) is 0 Å². The zero-order valence-corrected chi connectivity index (χ0v) is 18.3. The largest absolute Gasteiger partial charge is 0.494 e. The summed E-state index contributed by atoms with van der Waals surface area (Å²) in [6.45, 7) is 7.04. The molecule has 1 heterocycles. The molecule has 1 aliphatic heterocycles. The lowest BCUT2D eigenvalue weighted by molar-refractivity contribution is -0.139. The maximum atomic E-state index is 11.3. The Balaban J connectivity index is 1.39. The van der Waals surface area contributed by atoms with Crippen molar-refractivity contribution in [3.8, 4) is 11.5 Å². The normalized spacial score (nSPS) is 15.4. The van der Waals surface area contributed by atoms with Crippen molar-refractivity contribution < 1.29 is 24.1 Å². The molecule has 0 radical (unpaired) electrons. The molecule has 2 aromatic carbocycles. The highest BCUT2D eigenvalue weighted by atomic mass is 16.5. The number of hydrogen-bond acceptors (Lipinski definition) is 7. The van der Waals surface area contributed by atoms with Crippen molar-refractivity contribution in [1.29, 1.82) is 0 Å². The molecule has 1 atom stereocenters. The molecule has 1 unspecified atom stereocenters. The zero-order chi connectivity index (χ0) is 22.1. The van der Waals surface area contributed by atoms with E-state index in [0.717, 1.165) is 37.5 Å². The van der Waals surface area contributed by atoms with E-state index in [4.69, 9.17) is 9.47 Å². The minimum atomic E-state index is -0.567. The summed E-state index contributed by atoms with van der Waals surface area (Å²) >= 11 is 0. The topological polar surface area (TPSA) is 71.5 Å². The Morgan fingerprint density at radius 1 is 1.03 bits per heavy atom. The van der Waals surface area contributed by atoms with E-state index >= 15 is 0 Å². The number of aliphatic hydroxyl groups is 1. The number of rotatable bonds is 10. The van der Waals surface area contributed by atoms with E-state index in [1.807, 2.05) is 31.2 Å². The third kappa shape index (κ3) is 7.15. The summed E-state index contributed by atoms with van der Waals surface area (Å²) in [6, 6.07) is 15.5. The number of benzene rings is 2. The van der Waals surface area contributed by atoms with Crippen molar-refractivity contribution in [2.24, 2.45) is 0 Å². The van der Waals surface area contributed by atoms with Gasteiger partial charge in [-0.1, -0.05) is 18.2 Å². The fourth-order valence-electron chi connectivity index (χ4n) is 3.61. The summed E-state index contributed by atoms with van der Waals surface area (Å²) in [7, 11) is 1.38. The van der Waals surface area contributed by atoms with Gasteiger partial charge in [0.15, 0.2) is 0 Å². The first-order chi connectivity index (χ1) is 15.1. The molecule has 0 aliphatic carbocycles. The van der Waals surface area contributed by atoms with Crippen molar-refractivity contribution in [3.63, 3.8) is 0 Å². The molecule has 31 heavy (non-hydrogen) atoms. The van der Waals surface area contributed by atoms with Crippen LogP contribution in [-0.4, -0.2) is 75.1 Å². The molecule has 1 N–H and O–H groups in total. The molecule has 168 valence electrons. The van der Waals surface area contributed by atoms with Gasteiger partial charge in [0.05, 0.1) is 20.1 Å². The van der Waals surface area contributed by atoms with Gasteiger partial charge in [-0.25, -0.2) is 0 Å². The zero-order valence-electron chi connectivity index (χ0n) is 18.3. The average molecular weight is 429 g/mol. The number of esters is 1. The first kappa shape index (κ1) is 22.9. The Hall–Kier alpha value is -2.77. The molecule has 0 spiro atoms. The lowest BCUT2D eigenvalue weighted by atomic mass is 10.1. The van der Waals surface area contributed by atoms with Crippen LogP contribution in [0.5, 0.6) is 11.5 Å². The van der Waals surface area contributed by atoms with Crippen LogP contribution in [0.1, 0.15) is 12.5 Å². The number of methoxy groups -OCH3 is 1. The van der Waals surface area contributed by atoms with Gasteiger partial charge in [0.25, 0.3) is 0 Å². The Labute approximate surface area is 184 Å². The highest BCUT2D eigenvalue weighted by Crippen LogP contribution is 2.22. The second kappa shape index (κ2) is 11.6. The summed E-state index contributed by atoms with van der Waals surface area (Å²) in [5.74, 6) is 1.30. The number of ether oxygens (including phenoxy) is 3. The number of hydrogen-bond donors (Lipinski definition) is 1. The smallest absolute Gasteiger partial charge is 0.309 e. The van der Waals surface area contributed by atoms with Crippen LogP contribution < -0.4 is 14.4 Å². The lowest BCUT2D eigenvalue weighted by Crippen LogP contribution is -2.49. The molecule has 1 saturated heterocycles. The van der Waals surface area contributed by atoms with E-state index < -0.39 is 6.10 Å². The van der Waals surface area contributed by atoms with E-state index in [1.165, 1.54) is 12.8 Å². The number of aliphatic hydroxyl groups excluding tert-OH is 1. The van der Waals surface area contributed by atoms with Gasteiger partial charge in [-0.3, -0.25) is 9.69 Å². The third-order valence-electron chi connectivity index (χ3n) is 5.28. The van der Waals surface area contributed by atoms with Crippen LogP contribution in [0.25, 0.3) is 0 Å². The van der Waals surface area contributed by atoms with E-state index in [1.54, 1.807) is 12.1 Å². The first-order valence-electron chi connectivity index (χ1n) is 10.7. The van der Waals surface area contributed by atoms with Crippen molar-refractivity contribution in [1.82, 2.24) is 4.90 Å². The second-order valence-electron chi connectivity index (χ2n) is 7.58. The van der Waals surface area contributed by atoms with Gasteiger partial charge in [-0.2, -0.15) is 0 Å². The van der Waals surface area contributed by atoms with Crippen LogP contribution >= 0.6 is 0 Å². The fourth-order valence-corrected chi connectivity index (χ4v) is 3.61. The second-order valence-corrected chi connectivity index (χ2v) is 7.58. The summed E-state index contributed by atoms with van der Waals surface area (Å²) in [5, 5.41) is 10.4. The van der Waals surface area contributed by atoms with E-state index in [2.05, 4.69) is 26.7 Å². The van der Waals surface area contributed by atoms with Crippen LogP contribution in [0.4, 0.5) is 5.69 Å². The standard InChI is InChI=1S/C24H32N2O5/c1-3-30-23-6-4-5-20(16-23)26-13-11-25(12-14-26)17-21(27)18-31-22-9-7-19(8-10-22)15-24(28)29-2/h4-10,16,21,27H,3,11-15,17-18H2,1-2H3. The van der Waals surface area contributed by atoms with E-state index in [-0.39, 0.29) is 19.0 Å². The minimum Gasteiger partial charge on any atom is -0.494 e. The molecule has 7 nitrogen and oxygen atoms in total. The predicted octanol–water partition coefficient (Wildman–Crippen LogP) is 2.36. The Morgan fingerprint density at radius 3 is 2.45 bits per heavy atom. The number of carbonyl (C=O) groups excluding carboxylic acids is 1.